The number of methoxy groups -OCH3 is 1. The Morgan fingerprint density at radius 2 is 1.90 bits per heavy atom. The molecular weight excluding hydrogens is 385 g/mol. The number of ether oxygens (including phenoxy) is 2. The van der Waals surface area contributed by atoms with Crippen LogP contribution in [0.4, 0.5) is 4.39 Å². The molecule has 1 aromatic heterocycles. The first kappa shape index (κ1) is 18.4. The molecule has 0 amide bonds. The van der Waals surface area contributed by atoms with Gasteiger partial charge in [0.05, 0.1) is 13.7 Å². The lowest BCUT2D eigenvalue weighted by atomic mass is 9.75. The van der Waals surface area contributed by atoms with Crippen LogP contribution in [-0.4, -0.2) is 28.9 Å². The monoisotopic (exact) mass is 405 g/mol. The summed E-state index contributed by atoms with van der Waals surface area (Å²) in [6, 6.07) is 15.3. The van der Waals surface area contributed by atoms with Gasteiger partial charge in [-0.15, -0.1) is 0 Å². The summed E-state index contributed by atoms with van der Waals surface area (Å²) in [6.45, 7) is 0.364. The molecule has 2 unspecified atom stereocenters. The summed E-state index contributed by atoms with van der Waals surface area (Å²) in [6.07, 6.45) is 1.95. The predicted octanol–water partition coefficient (Wildman–Crippen LogP) is 5.03. The van der Waals surface area contributed by atoms with Crippen LogP contribution in [0.1, 0.15) is 28.5 Å². The Balaban J connectivity index is 1.68. The van der Waals surface area contributed by atoms with E-state index in [0.29, 0.717) is 12.4 Å². The molecule has 4 aromatic rings. The predicted molar refractivity (Wildman–Crippen MR) is 111 cm³/mol. The van der Waals surface area contributed by atoms with Gasteiger partial charge in [0.2, 0.25) is 0 Å². The number of hydrogen-bond donors (Lipinski definition) is 3. The highest BCUT2D eigenvalue weighted by molar-refractivity contribution is 5.85. The number of halogens is 1. The van der Waals surface area contributed by atoms with Crippen LogP contribution in [-0.2, 0) is 0 Å². The van der Waals surface area contributed by atoms with Crippen molar-refractivity contribution in [3.05, 3.63) is 83.3 Å². The van der Waals surface area contributed by atoms with Gasteiger partial charge in [0, 0.05) is 46.6 Å². The van der Waals surface area contributed by atoms with Gasteiger partial charge in [-0.3, -0.25) is 0 Å². The summed E-state index contributed by atoms with van der Waals surface area (Å²) in [4.78, 5) is 3.30. The van der Waals surface area contributed by atoms with E-state index < -0.39 is 5.82 Å². The maximum atomic E-state index is 14.2. The van der Waals surface area contributed by atoms with Gasteiger partial charge in [-0.1, -0.05) is 12.1 Å². The van der Waals surface area contributed by atoms with Crippen LogP contribution in [0.25, 0.3) is 10.9 Å². The lowest BCUT2D eigenvalue weighted by Gasteiger charge is -2.34. The number of benzene rings is 3. The van der Waals surface area contributed by atoms with Gasteiger partial charge in [-0.2, -0.15) is 0 Å². The van der Waals surface area contributed by atoms with Gasteiger partial charge in [0.15, 0.2) is 11.6 Å². The summed E-state index contributed by atoms with van der Waals surface area (Å²) >= 11 is 0. The second-order valence-corrected chi connectivity index (χ2v) is 7.48. The Labute approximate surface area is 172 Å². The van der Waals surface area contributed by atoms with Crippen LogP contribution >= 0.6 is 0 Å². The molecule has 3 N–H and O–H groups in total. The summed E-state index contributed by atoms with van der Waals surface area (Å²) in [5.74, 6) is 0.0786. The van der Waals surface area contributed by atoms with Crippen molar-refractivity contribution in [1.29, 1.82) is 0 Å². The average Bonchev–Trinajstić information content (AvgIpc) is 3.17. The van der Waals surface area contributed by atoms with Gasteiger partial charge in [-0.05, 0) is 41.5 Å². The summed E-state index contributed by atoms with van der Waals surface area (Å²) in [5, 5.41) is 20.6. The Morgan fingerprint density at radius 1 is 1.03 bits per heavy atom. The minimum atomic E-state index is -0.665. The van der Waals surface area contributed by atoms with E-state index in [4.69, 9.17) is 9.47 Å². The Kier molecular flexibility index (Phi) is 4.28. The first-order valence-corrected chi connectivity index (χ1v) is 9.64. The van der Waals surface area contributed by atoms with Crippen molar-refractivity contribution in [3.63, 3.8) is 0 Å². The van der Waals surface area contributed by atoms with Crippen LogP contribution in [0, 0.1) is 5.82 Å². The number of aromatic nitrogens is 1. The van der Waals surface area contributed by atoms with Crippen LogP contribution in [0.15, 0.2) is 60.8 Å². The van der Waals surface area contributed by atoms with E-state index in [1.807, 2.05) is 30.5 Å². The smallest absolute Gasteiger partial charge is 0.165 e. The fourth-order valence-electron chi connectivity index (χ4n) is 4.36. The lowest BCUT2D eigenvalue weighted by Crippen LogP contribution is -2.25. The van der Waals surface area contributed by atoms with Crippen LogP contribution in [0.5, 0.6) is 23.0 Å². The van der Waals surface area contributed by atoms with E-state index >= 15 is 0 Å². The Hall–Kier alpha value is -3.67. The van der Waals surface area contributed by atoms with E-state index in [2.05, 4.69) is 4.98 Å². The molecule has 30 heavy (non-hydrogen) atoms. The molecule has 0 bridgehead atoms. The molecule has 0 spiro atoms. The van der Waals surface area contributed by atoms with Crippen molar-refractivity contribution in [2.45, 2.75) is 11.8 Å². The minimum absolute atomic E-state index is 0.104. The zero-order chi connectivity index (χ0) is 20.8. The number of H-pyrrole nitrogens is 1. The zero-order valence-corrected chi connectivity index (χ0v) is 16.2. The Morgan fingerprint density at radius 3 is 2.70 bits per heavy atom. The quantitative estimate of drug-likeness (QED) is 0.447. The van der Waals surface area contributed by atoms with Crippen molar-refractivity contribution < 1.29 is 24.1 Å². The van der Waals surface area contributed by atoms with Crippen LogP contribution in [0.3, 0.4) is 0 Å². The van der Waals surface area contributed by atoms with Gasteiger partial charge >= 0.3 is 0 Å². The molecule has 2 atom stereocenters. The molecule has 0 radical (unpaired) electrons. The molecule has 1 aliphatic rings. The van der Waals surface area contributed by atoms with Crippen molar-refractivity contribution in [3.8, 4) is 23.0 Å². The highest BCUT2D eigenvalue weighted by atomic mass is 19.1. The van der Waals surface area contributed by atoms with Crippen LogP contribution < -0.4 is 9.47 Å². The Bertz CT molecular complexity index is 1250. The molecular formula is C24H20FNO4. The number of phenolic OH excluding ortho intramolecular Hbond substituents is 2. The molecule has 0 fully saturated rings. The van der Waals surface area contributed by atoms with Gasteiger partial charge < -0.3 is 24.7 Å². The molecule has 0 saturated carbocycles. The third-order valence-electron chi connectivity index (χ3n) is 5.80. The number of phenols is 2. The maximum absolute atomic E-state index is 14.2. The summed E-state index contributed by atoms with van der Waals surface area (Å²) in [5.41, 5.74) is 3.58. The van der Waals surface area contributed by atoms with Crippen molar-refractivity contribution >= 4 is 10.9 Å². The number of fused-ring (bicyclic) bond motifs is 2. The highest BCUT2D eigenvalue weighted by Crippen LogP contribution is 2.48. The fourth-order valence-corrected chi connectivity index (χ4v) is 4.36. The SMILES string of the molecule is COc1ccc2c(C3COc4cc(O)ccc4C3c3ccc(O)c(F)c3)c[nH]c2c1. The summed E-state index contributed by atoms with van der Waals surface area (Å²) < 4.78 is 25.6. The number of rotatable bonds is 3. The van der Waals surface area contributed by atoms with Crippen molar-refractivity contribution in [1.82, 2.24) is 4.98 Å². The lowest BCUT2D eigenvalue weighted by molar-refractivity contribution is 0.248. The molecule has 5 rings (SSSR count). The first-order chi connectivity index (χ1) is 14.5. The van der Waals surface area contributed by atoms with E-state index in [1.165, 1.54) is 12.1 Å². The normalized spacial score (nSPS) is 18.1. The van der Waals surface area contributed by atoms with Crippen molar-refractivity contribution in [2.75, 3.05) is 13.7 Å². The number of aromatic hydroxyl groups is 2. The second-order valence-electron chi connectivity index (χ2n) is 7.48. The first-order valence-electron chi connectivity index (χ1n) is 9.64. The van der Waals surface area contributed by atoms with E-state index in [1.54, 1.807) is 25.3 Å². The molecule has 3 aromatic carbocycles. The highest BCUT2D eigenvalue weighted by Gasteiger charge is 2.35. The molecule has 0 saturated heterocycles. The average molecular weight is 405 g/mol. The molecule has 2 heterocycles. The minimum Gasteiger partial charge on any atom is -0.508 e. The topological polar surface area (TPSA) is 74.7 Å². The van der Waals surface area contributed by atoms with E-state index in [-0.39, 0.29) is 23.3 Å². The summed E-state index contributed by atoms with van der Waals surface area (Å²) in [7, 11) is 1.63. The number of hydrogen-bond acceptors (Lipinski definition) is 4. The van der Waals surface area contributed by atoms with Crippen LogP contribution in [0.2, 0.25) is 0 Å². The third kappa shape index (κ3) is 2.92. The maximum Gasteiger partial charge on any atom is 0.165 e. The molecule has 0 aliphatic carbocycles. The standard InChI is InChI=1S/C24H20FNO4/c1-29-15-4-6-16-18(11-26-21(16)10-15)19-12-30-23-9-14(27)3-5-17(23)24(19)13-2-7-22(28)20(25)8-13/h2-11,19,24,26-28H,12H2,1H3. The largest absolute Gasteiger partial charge is 0.508 e. The molecule has 1 aliphatic heterocycles. The van der Waals surface area contributed by atoms with Gasteiger partial charge in [-0.25, -0.2) is 4.39 Å². The molecule has 5 nitrogen and oxygen atoms in total. The van der Waals surface area contributed by atoms with E-state index in [0.717, 1.165) is 33.3 Å². The van der Waals surface area contributed by atoms with Crippen molar-refractivity contribution in [2.24, 2.45) is 0 Å². The molecule has 6 heteroatoms. The van der Waals surface area contributed by atoms with Gasteiger partial charge in [0.25, 0.3) is 0 Å². The second kappa shape index (κ2) is 6.99. The number of aromatic amines is 1. The third-order valence-corrected chi connectivity index (χ3v) is 5.80. The number of nitrogens with one attached hydrogen (secondary N) is 1. The van der Waals surface area contributed by atoms with Gasteiger partial charge in [0.1, 0.15) is 17.2 Å². The fraction of sp³-hybridized carbons (Fsp3) is 0.167. The molecule has 152 valence electrons. The zero-order valence-electron chi connectivity index (χ0n) is 16.2. The van der Waals surface area contributed by atoms with E-state index in [9.17, 15) is 14.6 Å².